The van der Waals surface area contributed by atoms with Crippen molar-refractivity contribution in [2.24, 2.45) is 5.92 Å². The highest BCUT2D eigenvalue weighted by molar-refractivity contribution is 5.81. The fraction of sp³-hybridized carbons (Fsp3) is 0.667. The van der Waals surface area contributed by atoms with Gasteiger partial charge in [-0.2, -0.15) is 0 Å². The van der Waals surface area contributed by atoms with Crippen molar-refractivity contribution in [1.29, 1.82) is 0 Å². The molecule has 0 radical (unpaired) electrons. The molecule has 2 atom stereocenters. The third-order valence-electron chi connectivity index (χ3n) is 2.52. The summed E-state index contributed by atoms with van der Waals surface area (Å²) in [7, 11) is 0. The minimum Gasteiger partial charge on any atom is -0.373 e. The van der Waals surface area contributed by atoms with Crippen LogP contribution in [0.25, 0.3) is 0 Å². The van der Waals surface area contributed by atoms with Gasteiger partial charge in [-0.05, 0) is 19.0 Å². The van der Waals surface area contributed by atoms with E-state index in [9.17, 15) is 4.79 Å². The van der Waals surface area contributed by atoms with E-state index in [2.05, 4.69) is 6.58 Å². The van der Waals surface area contributed by atoms with Gasteiger partial charge < -0.3 is 9.64 Å². The van der Waals surface area contributed by atoms with Crippen LogP contribution in [0.1, 0.15) is 12.8 Å². The van der Waals surface area contributed by atoms with Crippen molar-refractivity contribution in [3.05, 3.63) is 12.8 Å². The zero-order valence-corrected chi connectivity index (χ0v) is 7.03. The van der Waals surface area contributed by atoms with Gasteiger partial charge in [-0.25, -0.2) is 0 Å². The fourth-order valence-corrected chi connectivity index (χ4v) is 1.68. The normalized spacial score (nSPS) is 34.0. The highest BCUT2D eigenvalue weighted by Gasteiger charge is 2.35. The summed E-state index contributed by atoms with van der Waals surface area (Å²) in [5, 5.41) is 0. The van der Waals surface area contributed by atoms with Crippen molar-refractivity contribution < 1.29 is 9.53 Å². The van der Waals surface area contributed by atoms with Gasteiger partial charge in [-0.15, -0.1) is 0 Å². The summed E-state index contributed by atoms with van der Waals surface area (Å²) >= 11 is 0. The Kier molecular flexibility index (Phi) is 1.89. The molecular formula is C9H13NO2. The summed E-state index contributed by atoms with van der Waals surface area (Å²) in [5.74, 6) is 0.413. The molecule has 2 heterocycles. The van der Waals surface area contributed by atoms with E-state index in [0.717, 1.165) is 26.0 Å². The van der Waals surface area contributed by atoms with E-state index < -0.39 is 0 Å². The maximum atomic E-state index is 11.5. The maximum absolute atomic E-state index is 11.5. The van der Waals surface area contributed by atoms with E-state index in [1.807, 2.05) is 0 Å². The second-order valence-electron chi connectivity index (χ2n) is 3.39. The summed E-state index contributed by atoms with van der Waals surface area (Å²) in [6, 6.07) is 0. The van der Waals surface area contributed by atoms with Crippen LogP contribution in [0.4, 0.5) is 0 Å². The predicted molar refractivity (Wildman–Crippen MR) is 44.4 cm³/mol. The molecule has 12 heavy (non-hydrogen) atoms. The Morgan fingerprint density at radius 1 is 1.75 bits per heavy atom. The number of hydrogen-bond donors (Lipinski definition) is 0. The van der Waals surface area contributed by atoms with Gasteiger partial charge in [-0.1, -0.05) is 6.58 Å². The molecule has 3 nitrogen and oxygen atoms in total. The average Bonchev–Trinajstić information content (AvgIpc) is 2.80. The minimum atomic E-state index is 0.190. The number of rotatable bonds is 3. The second-order valence-corrected chi connectivity index (χ2v) is 3.39. The Bertz CT molecular complexity index is 211. The first-order valence-electron chi connectivity index (χ1n) is 4.36. The van der Waals surface area contributed by atoms with Gasteiger partial charge in [0.05, 0.1) is 12.7 Å². The van der Waals surface area contributed by atoms with Gasteiger partial charge >= 0.3 is 0 Å². The number of amides is 1. The van der Waals surface area contributed by atoms with Crippen LogP contribution < -0.4 is 0 Å². The van der Waals surface area contributed by atoms with Crippen molar-refractivity contribution in [2.75, 3.05) is 13.2 Å². The molecule has 2 fully saturated rings. The first kappa shape index (κ1) is 7.80. The number of carbonyl (C=O) groups excluding carboxylic acids is 1. The lowest BCUT2D eigenvalue weighted by molar-refractivity contribution is -0.129. The van der Waals surface area contributed by atoms with Crippen molar-refractivity contribution >= 4 is 5.91 Å². The van der Waals surface area contributed by atoms with Crippen LogP contribution in [0.3, 0.4) is 0 Å². The van der Waals surface area contributed by atoms with E-state index in [1.165, 1.54) is 0 Å². The molecule has 0 N–H and O–H groups in total. The lowest BCUT2D eigenvalue weighted by Gasteiger charge is -2.09. The Morgan fingerprint density at radius 3 is 3.00 bits per heavy atom. The van der Waals surface area contributed by atoms with E-state index in [1.54, 1.807) is 11.1 Å². The molecule has 0 saturated carbocycles. The smallest absolute Gasteiger partial charge is 0.229 e. The molecule has 0 bridgehead atoms. The first-order chi connectivity index (χ1) is 5.81. The molecular weight excluding hydrogens is 154 g/mol. The van der Waals surface area contributed by atoms with Crippen molar-refractivity contribution in [2.45, 2.75) is 18.9 Å². The number of hydrogen-bond acceptors (Lipinski definition) is 2. The SMILES string of the molecule is C=CN1CCC(CC2CO2)C1=O. The summed E-state index contributed by atoms with van der Waals surface area (Å²) in [6.45, 7) is 5.27. The van der Waals surface area contributed by atoms with Crippen LogP contribution in [-0.4, -0.2) is 30.1 Å². The van der Waals surface area contributed by atoms with Gasteiger partial charge in [0.25, 0.3) is 0 Å². The number of epoxide rings is 1. The molecule has 2 aliphatic rings. The number of nitrogens with zero attached hydrogens (tertiary/aromatic N) is 1. The third-order valence-corrected chi connectivity index (χ3v) is 2.52. The van der Waals surface area contributed by atoms with Crippen molar-refractivity contribution in [1.82, 2.24) is 4.90 Å². The standard InChI is InChI=1S/C9H13NO2/c1-2-10-4-3-7(9(10)11)5-8-6-12-8/h2,7-8H,1,3-6H2. The van der Waals surface area contributed by atoms with E-state index >= 15 is 0 Å². The fourth-order valence-electron chi connectivity index (χ4n) is 1.68. The Morgan fingerprint density at radius 2 is 2.50 bits per heavy atom. The number of likely N-dealkylation sites (tertiary alicyclic amines) is 1. The Labute approximate surface area is 72.0 Å². The molecule has 0 spiro atoms. The molecule has 2 saturated heterocycles. The lowest BCUT2D eigenvalue weighted by atomic mass is 10.0. The summed E-state index contributed by atoms with van der Waals surface area (Å²) < 4.78 is 5.09. The number of carbonyl (C=O) groups is 1. The first-order valence-corrected chi connectivity index (χ1v) is 4.36. The van der Waals surface area contributed by atoms with E-state index in [0.29, 0.717) is 6.10 Å². The highest BCUT2D eigenvalue weighted by Crippen LogP contribution is 2.27. The van der Waals surface area contributed by atoms with Gasteiger partial charge in [0.1, 0.15) is 0 Å². The van der Waals surface area contributed by atoms with Crippen LogP contribution in [0, 0.1) is 5.92 Å². The molecule has 2 rings (SSSR count). The Balaban J connectivity index is 1.90. The van der Waals surface area contributed by atoms with Crippen molar-refractivity contribution in [3.8, 4) is 0 Å². The van der Waals surface area contributed by atoms with Gasteiger partial charge in [-0.3, -0.25) is 4.79 Å². The molecule has 2 unspecified atom stereocenters. The molecule has 2 aliphatic heterocycles. The molecule has 1 amide bonds. The van der Waals surface area contributed by atoms with Crippen molar-refractivity contribution in [3.63, 3.8) is 0 Å². The largest absolute Gasteiger partial charge is 0.373 e. The van der Waals surface area contributed by atoms with Crippen LogP contribution >= 0.6 is 0 Å². The topological polar surface area (TPSA) is 32.8 Å². The molecule has 0 aliphatic carbocycles. The van der Waals surface area contributed by atoms with Crippen LogP contribution in [-0.2, 0) is 9.53 Å². The molecule has 66 valence electrons. The predicted octanol–water partition coefficient (Wildman–Crippen LogP) is 0.767. The van der Waals surface area contributed by atoms with Gasteiger partial charge in [0.15, 0.2) is 0 Å². The zero-order valence-electron chi connectivity index (χ0n) is 7.03. The monoisotopic (exact) mass is 167 g/mol. The summed E-state index contributed by atoms with van der Waals surface area (Å²) in [5.41, 5.74) is 0. The average molecular weight is 167 g/mol. The molecule has 3 heteroatoms. The summed E-state index contributed by atoms with van der Waals surface area (Å²) in [6.07, 6.45) is 3.85. The molecule has 0 aromatic rings. The summed E-state index contributed by atoms with van der Waals surface area (Å²) in [4.78, 5) is 13.2. The van der Waals surface area contributed by atoms with Crippen LogP contribution in [0.15, 0.2) is 12.8 Å². The quantitative estimate of drug-likeness (QED) is 0.581. The van der Waals surface area contributed by atoms with E-state index in [4.69, 9.17) is 4.74 Å². The van der Waals surface area contributed by atoms with Crippen LogP contribution in [0.2, 0.25) is 0 Å². The van der Waals surface area contributed by atoms with Gasteiger partial charge in [0.2, 0.25) is 5.91 Å². The molecule has 0 aromatic carbocycles. The van der Waals surface area contributed by atoms with Gasteiger partial charge in [0, 0.05) is 12.5 Å². The minimum absolute atomic E-state index is 0.190. The molecule has 0 aromatic heterocycles. The lowest BCUT2D eigenvalue weighted by Crippen LogP contribution is -2.22. The zero-order chi connectivity index (χ0) is 8.55. The van der Waals surface area contributed by atoms with E-state index in [-0.39, 0.29) is 11.8 Å². The highest BCUT2D eigenvalue weighted by atomic mass is 16.6. The third kappa shape index (κ3) is 1.37. The van der Waals surface area contributed by atoms with Crippen LogP contribution in [0.5, 0.6) is 0 Å². The maximum Gasteiger partial charge on any atom is 0.229 e. The Hall–Kier alpha value is -0.830. The second kappa shape index (κ2) is 2.90. The number of ether oxygens (including phenoxy) is 1.